The Balaban J connectivity index is 2.08. The Kier molecular flexibility index (Phi) is 6.27. The number of nitrogens with zero attached hydrogens (tertiary/aromatic N) is 1. The van der Waals surface area contributed by atoms with Crippen LogP contribution in [0.2, 0.25) is 0 Å². The van der Waals surface area contributed by atoms with E-state index in [1.165, 1.54) is 12.1 Å². The van der Waals surface area contributed by atoms with E-state index < -0.39 is 21.7 Å². The zero-order valence-corrected chi connectivity index (χ0v) is 15.0. The van der Waals surface area contributed by atoms with Crippen LogP contribution in [0.25, 0.3) is 0 Å². The highest BCUT2D eigenvalue weighted by atomic mass is 32.2. The molecule has 0 fully saturated rings. The Bertz CT molecular complexity index is 808. The Hall–Kier alpha value is -2.25. The zero-order valence-electron chi connectivity index (χ0n) is 14.1. The normalized spacial score (nSPS) is 12.8. The number of carbonyl (C=O) groups excluding carboxylic acids is 1. The van der Waals surface area contributed by atoms with Gasteiger partial charge in [0.2, 0.25) is 15.9 Å². The van der Waals surface area contributed by atoms with Gasteiger partial charge in [0, 0.05) is 6.54 Å². The van der Waals surface area contributed by atoms with Gasteiger partial charge in [-0.05, 0) is 36.8 Å². The van der Waals surface area contributed by atoms with Gasteiger partial charge in [-0.25, -0.2) is 12.8 Å². The lowest BCUT2D eigenvalue weighted by molar-refractivity contribution is -0.121. The number of carbonyl (C=O) groups is 1. The lowest BCUT2D eigenvalue weighted by Crippen LogP contribution is -2.41. The molecular weight excluding hydrogens is 343 g/mol. The van der Waals surface area contributed by atoms with Crippen LogP contribution in [0.1, 0.15) is 25.5 Å². The largest absolute Gasteiger partial charge is 0.348 e. The van der Waals surface area contributed by atoms with Crippen LogP contribution in [0.4, 0.5) is 4.39 Å². The van der Waals surface area contributed by atoms with E-state index in [2.05, 4.69) is 5.32 Å². The molecule has 0 heterocycles. The van der Waals surface area contributed by atoms with E-state index in [1.54, 1.807) is 6.92 Å². The van der Waals surface area contributed by atoms with Crippen LogP contribution in [0.5, 0.6) is 0 Å². The summed E-state index contributed by atoms with van der Waals surface area (Å²) in [5, 5.41) is 2.79. The lowest BCUT2D eigenvalue weighted by Gasteiger charge is -2.21. The second-order valence-corrected chi connectivity index (χ2v) is 7.52. The van der Waals surface area contributed by atoms with Gasteiger partial charge >= 0.3 is 0 Å². The van der Waals surface area contributed by atoms with Crippen molar-refractivity contribution in [1.82, 2.24) is 9.62 Å². The molecule has 25 heavy (non-hydrogen) atoms. The Labute approximate surface area is 147 Å². The molecule has 0 aliphatic carbocycles. The maximum absolute atomic E-state index is 13.0. The highest BCUT2D eigenvalue weighted by Gasteiger charge is 2.25. The topological polar surface area (TPSA) is 66.5 Å². The summed E-state index contributed by atoms with van der Waals surface area (Å²) < 4.78 is 39.2. The minimum Gasteiger partial charge on any atom is -0.348 e. The molecule has 0 aromatic heterocycles. The third kappa shape index (κ3) is 4.87. The van der Waals surface area contributed by atoms with Crippen molar-refractivity contribution in [3.63, 3.8) is 0 Å². The molecule has 0 saturated heterocycles. The minimum atomic E-state index is -3.86. The molecule has 0 aliphatic rings. The van der Waals surface area contributed by atoms with Crippen LogP contribution < -0.4 is 5.32 Å². The van der Waals surface area contributed by atoms with Gasteiger partial charge in [0.15, 0.2) is 0 Å². The molecule has 0 saturated carbocycles. The summed E-state index contributed by atoms with van der Waals surface area (Å²) in [7, 11) is -3.86. The Morgan fingerprint density at radius 2 is 1.72 bits per heavy atom. The smallest absolute Gasteiger partial charge is 0.243 e. The summed E-state index contributed by atoms with van der Waals surface area (Å²) >= 11 is 0. The van der Waals surface area contributed by atoms with Crippen molar-refractivity contribution in [3.8, 4) is 0 Å². The third-order valence-corrected chi connectivity index (χ3v) is 5.74. The molecule has 0 spiro atoms. The molecule has 0 bridgehead atoms. The molecule has 0 radical (unpaired) electrons. The van der Waals surface area contributed by atoms with Crippen molar-refractivity contribution in [2.24, 2.45) is 0 Å². The number of likely N-dealkylation sites (N-methyl/N-ethyl adjacent to an activating group) is 1. The number of hydrogen-bond acceptors (Lipinski definition) is 3. The van der Waals surface area contributed by atoms with Gasteiger partial charge in [0.25, 0.3) is 0 Å². The van der Waals surface area contributed by atoms with Gasteiger partial charge < -0.3 is 5.32 Å². The maximum Gasteiger partial charge on any atom is 0.243 e. The SMILES string of the molecule is CCN(CC(=O)N[C@H](C)c1ccccc1)S(=O)(=O)c1ccc(F)cc1. The van der Waals surface area contributed by atoms with Gasteiger partial charge in [-0.3, -0.25) is 4.79 Å². The number of benzene rings is 2. The summed E-state index contributed by atoms with van der Waals surface area (Å²) in [6.07, 6.45) is 0. The summed E-state index contributed by atoms with van der Waals surface area (Å²) in [4.78, 5) is 12.2. The third-order valence-electron chi connectivity index (χ3n) is 3.80. The van der Waals surface area contributed by atoms with Crippen molar-refractivity contribution in [2.75, 3.05) is 13.1 Å². The molecule has 0 unspecified atom stereocenters. The van der Waals surface area contributed by atoms with E-state index in [9.17, 15) is 17.6 Å². The van der Waals surface area contributed by atoms with Crippen LogP contribution in [-0.2, 0) is 14.8 Å². The second-order valence-electron chi connectivity index (χ2n) is 5.59. The first-order valence-electron chi connectivity index (χ1n) is 7.94. The van der Waals surface area contributed by atoms with Gasteiger partial charge in [-0.1, -0.05) is 37.3 Å². The standard InChI is InChI=1S/C18H21FN2O3S/c1-3-21(25(23,24)17-11-9-16(19)10-12-17)13-18(22)20-14(2)15-7-5-4-6-8-15/h4-12,14H,3,13H2,1-2H3,(H,20,22)/t14-/m1/s1. The first-order valence-corrected chi connectivity index (χ1v) is 9.38. The zero-order chi connectivity index (χ0) is 18.4. The first-order chi connectivity index (χ1) is 11.8. The molecule has 2 aromatic rings. The van der Waals surface area contributed by atoms with E-state index in [-0.39, 0.29) is 24.0 Å². The molecule has 0 aliphatic heterocycles. The van der Waals surface area contributed by atoms with Crippen molar-refractivity contribution in [3.05, 3.63) is 66.0 Å². The number of rotatable bonds is 7. The predicted molar refractivity (Wildman–Crippen MR) is 93.8 cm³/mol. The number of sulfonamides is 1. The highest BCUT2D eigenvalue weighted by molar-refractivity contribution is 7.89. The fourth-order valence-electron chi connectivity index (χ4n) is 2.39. The average molecular weight is 364 g/mol. The van der Waals surface area contributed by atoms with Crippen LogP contribution in [-0.4, -0.2) is 31.7 Å². The van der Waals surface area contributed by atoms with Gasteiger partial charge in [0.1, 0.15) is 5.82 Å². The Morgan fingerprint density at radius 1 is 1.12 bits per heavy atom. The number of halogens is 1. The predicted octanol–water partition coefficient (Wildman–Crippen LogP) is 2.71. The van der Waals surface area contributed by atoms with E-state index in [0.717, 1.165) is 22.0 Å². The van der Waals surface area contributed by atoms with Crippen molar-refractivity contribution in [1.29, 1.82) is 0 Å². The fraction of sp³-hybridized carbons (Fsp3) is 0.278. The second kappa shape index (κ2) is 8.22. The van der Waals surface area contributed by atoms with Crippen molar-refractivity contribution in [2.45, 2.75) is 24.8 Å². The van der Waals surface area contributed by atoms with Gasteiger partial charge in [-0.15, -0.1) is 0 Å². The van der Waals surface area contributed by atoms with Crippen LogP contribution >= 0.6 is 0 Å². The fourth-order valence-corrected chi connectivity index (χ4v) is 3.80. The quantitative estimate of drug-likeness (QED) is 0.821. The van der Waals surface area contributed by atoms with Crippen LogP contribution in [0.3, 0.4) is 0 Å². The Morgan fingerprint density at radius 3 is 2.28 bits per heavy atom. The van der Waals surface area contributed by atoms with E-state index in [1.807, 2.05) is 37.3 Å². The van der Waals surface area contributed by atoms with Gasteiger partial charge in [-0.2, -0.15) is 4.31 Å². The van der Waals surface area contributed by atoms with E-state index in [0.29, 0.717) is 0 Å². The van der Waals surface area contributed by atoms with Gasteiger partial charge in [0.05, 0.1) is 17.5 Å². The molecule has 7 heteroatoms. The van der Waals surface area contributed by atoms with Crippen LogP contribution in [0, 0.1) is 5.82 Å². The first kappa shape index (κ1) is 19.1. The minimum absolute atomic E-state index is 0.0420. The molecule has 1 N–H and O–H groups in total. The lowest BCUT2D eigenvalue weighted by atomic mass is 10.1. The number of nitrogens with one attached hydrogen (secondary N) is 1. The monoisotopic (exact) mass is 364 g/mol. The number of amides is 1. The van der Waals surface area contributed by atoms with Crippen LogP contribution in [0.15, 0.2) is 59.5 Å². The molecule has 2 rings (SSSR count). The molecule has 1 atom stereocenters. The van der Waals surface area contributed by atoms with E-state index in [4.69, 9.17) is 0 Å². The maximum atomic E-state index is 13.0. The average Bonchev–Trinajstić information content (AvgIpc) is 2.60. The van der Waals surface area contributed by atoms with Crippen molar-refractivity contribution < 1.29 is 17.6 Å². The van der Waals surface area contributed by atoms with E-state index >= 15 is 0 Å². The summed E-state index contributed by atoms with van der Waals surface area (Å²) in [5.41, 5.74) is 0.931. The summed E-state index contributed by atoms with van der Waals surface area (Å²) in [5.74, 6) is -0.916. The van der Waals surface area contributed by atoms with Crippen molar-refractivity contribution >= 4 is 15.9 Å². The highest BCUT2D eigenvalue weighted by Crippen LogP contribution is 2.16. The molecular formula is C18H21FN2O3S. The summed E-state index contributed by atoms with van der Waals surface area (Å²) in [6.45, 7) is 3.31. The molecule has 1 amide bonds. The molecule has 134 valence electrons. The molecule has 2 aromatic carbocycles. The molecule has 5 nitrogen and oxygen atoms in total. The number of hydrogen-bond donors (Lipinski definition) is 1. The summed E-state index contributed by atoms with van der Waals surface area (Å²) in [6, 6.07) is 13.7.